The highest BCUT2D eigenvalue weighted by Gasteiger charge is 2.24. The van der Waals surface area contributed by atoms with Gasteiger partial charge in [0.1, 0.15) is 5.75 Å². The van der Waals surface area contributed by atoms with Gasteiger partial charge in [0.25, 0.3) is 0 Å². The lowest BCUT2D eigenvalue weighted by atomic mass is 10.1. The van der Waals surface area contributed by atoms with E-state index in [1.807, 2.05) is 0 Å². The lowest BCUT2D eigenvalue weighted by molar-refractivity contribution is 0.0698. The van der Waals surface area contributed by atoms with Crippen LogP contribution < -0.4 is 15.8 Å². The van der Waals surface area contributed by atoms with Crippen LogP contribution in [-0.4, -0.2) is 48.2 Å². The summed E-state index contributed by atoms with van der Waals surface area (Å²) in [6, 6.07) is 4.04. The second-order valence-corrected chi connectivity index (χ2v) is 4.64. The predicted molar refractivity (Wildman–Crippen MR) is 73.1 cm³/mol. The molecule has 7 heteroatoms. The first-order valence-corrected chi connectivity index (χ1v) is 6.24. The third kappa shape index (κ3) is 3.00. The van der Waals surface area contributed by atoms with Gasteiger partial charge in [-0.1, -0.05) is 0 Å². The van der Waals surface area contributed by atoms with Crippen molar-refractivity contribution in [1.82, 2.24) is 4.90 Å². The maximum absolute atomic E-state index is 12.1. The minimum atomic E-state index is -1.11. The smallest absolute Gasteiger partial charge is 0.337 e. The van der Waals surface area contributed by atoms with Crippen LogP contribution in [-0.2, 0) is 0 Å². The van der Waals surface area contributed by atoms with Crippen LogP contribution in [0.15, 0.2) is 18.2 Å². The molecule has 0 saturated carbocycles. The van der Waals surface area contributed by atoms with Crippen LogP contribution in [0.2, 0.25) is 0 Å². The van der Waals surface area contributed by atoms with Gasteiger partial charge in [0.2, 0.25) is 0 Å². The number of amides is 2. The molecule has 1 atom stereocenters. The summed E-state index contributed by atoms with van der Waals surface area (Å²) in [7, 11) is 1.47. The number of likely N-dealkylation sites (tertiary alicyclic amines) is 1. The quantitative estimate of drug-likeness (QED) is 0.764. The molecule has 0 bridgehead atoms. The number of benzene rings is 1. The molecule has 20 heavy (non-hydrogen) atoms. The van der Waals surface area contributed by atoms with Crippen molar-refractivity contribution >= 4 is 17.7 Å². The number of urea groups is 1. The first-order valence-electron chi connectivity index (χ1n) is 6.24. The Bertz CT molecular complexity index is 532. The fraction of sp³-hybridized carbons (Fsp3) is 0.385. The maximum Gasteiger partial charge on any atom is 0.337 e. The normalized spacial score (nSPS) is 17.9. The Morgan fingerprint density at radius 2 is 2.25 bits per heavy atom. The van der Waals surface area contributed by atoms with Crippen LogP contribution in [0.25, 0.3) is 0 Å². The number of carboxylic acids is 1. The van der Waals surface area contributed by atoms with Crippen LogP contribution in [0.4, 0.5) is 10.5 Å². The fourth-order valence-corrected chi connectivity index (χ4v) is 2.11. The molecule has 108 valence electrons. The lowest BCUT2D eigenvalue weighted by Gasteiger charge is -2.18. The number of rotatable bonds is 3. The fourth-order valence-electron chi connectivity index (χ4n) is 2.11. The van der Waals surface area contributed by atoms with Crippen molar-refractivity contribution in [3.8, 4) is 5.75 Å². The molecular formula is C13H17N3O4. The Balaban J connectivity index is 2.18. The molecule has 0 aliphatic carbocycles. The first kappa shape index (κ1) is 14.1. The number of hydrogen-bond acceptors (Lipinski definition) is 4. The molecule has 0 radical (unpaired) electrons. The molecule has 0 aromatic heterocycles. The van der Waals surface area contributed by atoms with Gasteiger partial charge in [-0.25, -0.2) is 9.59 Å². The van der Waals surface area contributed by atoms with Gasteiger partial charge in [0.15, 0.2) is 0 Å². The van der Waals surface area contributed by atoms with E-state index < -0.39 is 5.97 Å². The topological polar surface area (TPSA) is 105 Å². The molecule has 0 spiro atoms. The van der Waals surface area contributed by atoms with E-state index in [-0.39, 0.29) is 23.3 Å². The van der Waals surface area contributed by atoms with Gasteiger partial charge in [-0.05, 0) is 18.6 Å². The van der Waals surface area contributed by atoms with E-state index in [1.165, 1.54) is 25.3 Å². The number of aromatic carboxylic acids is 1. The third-order valence-corrected chi connectivity index (χ3v) is 3.21. The van der Waals surface area contributed by atoms with Crippen LogP contribution in [0.3, 0.4) is 0 Å². The van der Waals surface area contributed by atoms with Gasteiger partial charge in [-0.3, -0.25) is 0 Å². The average molecular weight is 279 g/mol. The number of carbonyl (C=O) groups is 2. The van der Waals surface area contributed by atoms with E-state index in [2.05, 4.69) is 5.32 Å². The molecule has 2 rings (SSSR count). The summed E-state index contributed by atoms with van der Waals surface area (Å²) in [5.41, 5.74) is 5.97. The highest BCUT2D eigenvalue weighted by atomic mass is 16.5. The predicted octanol–water partition coefficient (Wildman–Crippen LogP) is 0.958. The van der Waals surface area contributed by atoms with E-state index >= 15 is 0 Å². The van der Waals surface area contributed by atoms with Crippen LogP contribution in [0, 0.1) is 0 Å². The zero-order valence-corrected chi connectivity index (χ0v) is 11.1. The van der Waals surface area contributed by atoms with Crippen LogP contribution >= 0.6 is 0 Å². The standard InChI is InChI=1S/C13H17N3O4/c1-20-9-2-3-10(12(17)18)11(6-9)15-13(19)16-5-4-8(14)7-16/h2-3,6,8H,4-5,7,14H2,1H3,(H,15,19)(H,17,18). The SMILES string of the molecule is COc1ccc(C(=O)O)c(NC(=O)N2CCC(N)C2)c1. The van der Waals surface area contributed by atoms with E-state index in [0.29, 0.717) is 18.8 Å². The molecule has 4 N–H and O–H groups in total. The number of methoxy groups -OCH3 is 1. The zero-order valence-electron chi connectivity index (χ0n) is 11.1. The first-order chi connectivity index (χ1) is 9.51. The molecule has 1 fully saturated rings. The Morgan fingerprint density at radius 1 is 1.50 bits per heavy atom. The Hall–Kier alpha value is -2.28. The van der Waals surface area contributed by atoms with E-state index in [4.69, 9.17) is 15.6 Å². The minimum absolute atomic E-state index is 0.0163. The van der Waals surface area contributed by atoms with E-state index in [9.17, 15) is 9.59 Å². The molecular weight excluding hydrogens is 262 g/mol. The Kier molecular flexibility index (Phi) is 4.09. The number of anilines is 1. The average Bonchev–Trinajstić information content (AvgIpc) is 2.85. The minimum Gasteiger partial charge on any atom is -0.497 e. The molecule has 1 aromatic carbocycles. The molecule has 1 heterocycles. The highest BCUT2D eigenvalue weighted by molar-refractivity contribution is 6.00. The molecule has 1 aliphatic rings. The second kappa shape index (κ2) is 5.79. The number of nitrogens with two attached hydrogens (primary N) is 1. The third-order valence-electron chi connectivity index (χ3n) is 3.21. The Labute approximate surface area is 116 Å². The summed E-state index contributed by atoms with van der Waals surface area (Å²) in [4.78, 5) is 24.8. The largest absolute Gasteiger partial charge is 0.497 e. The maximum atomic E-state index is 12.1. The van der Waals surface area contributed by atoms with E-state index in [0.717, 1.165) is 6.42 Å². The molecule has 7 nitrogen and oxygen atoms in total. The lowest BCUT2D eigenvalue weighted by Crippen LogP contribution is -2.35. The summed E-state index contributed by atoms with van der Waals surface area (Å²) in [5.74, 6) is -0.635. The molecule has 1 unspecified atom stereocenters. The summed E-state index contributed by atoms with van der Waals surface area (Å²) in [6.45, 7) is 1.04. The molecule has 1 saturated heterocycles. The van der Waals surface area contributed by atoms with Crippen molar-refractivity contribution in [1.29, 1.82) is 0 Å². The molecule has 1 aromatic rings. The number of ether oxygens (including phenoxy) is 1. The highest BCUT2D eigenvalue weighted by Crippen LogP contribution is 2.23. The summed E-state index contributed by atoms with van der Waals surface area (Å²) in [6.07, 6.45) is 0.747. The van der Waals surface area contributed by atoms with Crippen molar-refractivity contribution in [2.75, 3.05) is 25.5 Å². The molecule has 1 aliphatic heterocycles. The Morgan fingerprint density at radius 3 is 2.80 bits per heavy atom. The number of nitrogens with zero attached hydrogens (tertiary/aromatic N) is 1. The second-order valence-electron chi connectivity index (χ2n) is 4.64. The van der Waals surface area contributed by atoms with Crippen molar-refractivity contribution in [2.24, 2.45) is 5.73 Å². The van der Waals surface area contributed by atoms with Crippen LogP contribution in [0.5, 0.6) is 5.75 Å². The van der Waals surface area contributed by atoms with Crippen molar-refractivity contribution in [2.45, 2.75) is 12.5 Å². The number of carbonyl (C=O) groups excluding carboxylic acids is 1. The van der Waals surface area contributed by atoms with Gasteiger partial charge in [0.05, 0.1) is 18.4 Å². The summed E-state index contributed by atoms with van der Waals surface area (Å²) < 4.78 is 5.04. The van der Waals surface area contributed by atoms with E-state index in [1.54, 1.807) is 4.90 Å². The molecule has 2 amide bonds. The summed E-state index contributed by atoms with van der Waals surface area (Å²) in [5, 5.41) is 11.7. The van der Waals surface area contributed by atoms with Crippen molar-refractivity contribution in [3.05, 3.63) is 23.8 Å². The van der Waals surface area contributed by atoms with Crippen molar-refractivity contribution < 1.29 is 19.4 Å². The van der Waals surface area contributed by atoms with Gasteiger partial charge < -0.3 is 25.8 Å². The zero-order chi connectivity index (χ0) is 14.7. The number of nitrogens with one attached hydrogen (secondary N) is 1. The monoisotopic (exact) mass is 279 g/mol. The van der Waals surface area contributed by atoms with Gasteiger partial charge in [0, 0.05) is 25.2 Å². The summed E-state index contributed by atoms with van der Waals surface area (Å²) >= 11 is 0. The van der Waals surface area contributed by atoms with Gasteiger partial charge >= 0.3 is 12.0 Å². The van der Waals surface area contributed by atoms with Crippen LogP contribution in [0.1, 0.15) is 16.8 Å². The number of hydrogen-bond donors (Lipinski definition) is 3. The van der Waals surface area contributed by atoms with Crippen molar-refractivity contribution in [3.63, 3.8) is 0 Å². The van der Waals surface area contributed by atoms with Gasteiger partial charge in [-0.15, -0.1) is 0 Å². The van der Waals surface area contributed by atoms with Gasteiger partial charge in [-0.2, -0.15) is 0 Å². The number of carboxylic acid groups (broad SMARTS) is 1.